The molecule has 4 rings (SSSR count). The van der Waals surface area contributed by atoms with Gasteiger partial charge in [0.05, 0.1) is 17.8 Å². The van der Waals surface area contributed by atoms with Crippen LogP contribution in [0.25, 0.3) is 11.5 Å². The fourth-order valence-corrected chi connectivity index (χ4v) is 4.32. The molecular weight excluding hydrogens is 541 g/mol. The maximum absolute atomic E-state index is 13.0. The molecule has 0 bridgehead atoms. The Morgan fingerprint density at radius 3 is 2.12 bits per heavy atom. The van der Waals surface area contributed by atoms with E-state index in [1.807, 2.05) is 30.9 Å². The van der Waals surface area contributed by atoms with Gasteiger partial charge in [0, 0.05) is 25.6 Å². The third-order valence-electron chi connectivity index (χ3n) is 6.45. The monoisotopic (exact) mass is 572 g/mol. The number of nitrogens with zero attached hydrogens (tertiary/aromatic N) is 4. The van der Waals surface area contributed by atoms with Gasteiger partial charge in [0.25, 0.3) is 0 Å². The number of benzene rings is 2. The predicted molar refractivity (Wildman–Crippen MR) is 142 cm³/mol. The van der Waals surface area contributed by atoms with Gasteiger partial charge >= 0.3 is 12.1 Å². The smallest absolute Gasteiger partial charge is 0.416 e. The number of hydrogen-bond donors (Lipinski definition) is 1. The lowest BCUT2D eigenvalue weighted by Crippen LogP contribution is -2.38. The zero-order valence-electron chi connectivity index (χ0n) is 23.6. The molecule has 0 unspecified atom stereocenters. The van der Waals surface area contributed by atoms with Gasteiger partial charge in [0.1, 0.15) is 11.5 Å². The highest BCUT2D eigenvalue weighted by atomic mass is 19.4. The number of alkyl halides is 3. The van der Waals surface area contributed by atoms with Crippen molar-refractivity contribution in [1.82, 2.24) is 20.1 Å². The van der Waals surface area contributed by atoms with Crippen LogP contribution in [0.15, 0.2) is 45.2 Å². The van der Waals surface area contributed by atoms with Crippen LogP contribution in [0.5, 0.6) is 5.75 Å². The zero-order valence-corrected chi connectivity index (χ0v) is 23.6. The van der Waals surface area contributed by atoms with Crippen LogP contribution in [0.2, 0.25) is 0 Å². The highest BCUT2D eigenvalue weighted by Crippen LogP contribution is 2.32. The van der Waals surface area contributed by atoms with Crippen LogP contribution >= 0.6 is 0 Å². The van der Waals surface area contributed by atoms with Crippen molar-refractivity contribution in [3.05, 3.63) is 81.9 Å². The summed E-state index contributed by atoms with van der Waals surface area (Å²) in [6.45, 7) is 11.2. The number of aromatic nitrogens is 3. The molecule has 0 atom stereocenters. The van der Waals surface area contributed by atoms with Gasteiger partial charge in [-0.2, -0.15) is 13.2 Å². The molecule has 12 heteroatoms. The molecule has 0 aliphatic carbocycles. The van der Waals surface area contributed by atoms with Crippen LogP contribution in [-0.2, 0) is 30.6 Å². The van der Waals surface area contributed by atoms with Gasteiger partial charge in [-0.15, -0.1) is 10.2 Å². The number of halogens is 3. The first-order valence-corrected chi connectivity index (χ1v) is 12.8. The molecule has 0 spiro atoms. The van der Waals surface area contributed by atoms with Gasteiger partial charge in [-0.3, -0.25) is 4.90 Å². The molecule has 0 radical (unpaired) electrons. The molecule has 0 saturated carbocycles. The Kier molecular flexibility index (Phi) is 8.25. The Morgan fingerprint density at radius 2 is 1.59 bits per heavy atom. The molecule has 9 nitrogen and oxygen atoms in total. The average Bonchev–Trinajstić information content (AvgIpc) is 3.45. The lowest BCUT2D eigenvalue weighted by molar-refractivity contribution is -0.152. The Bertz CT molecular complexity index is 1520. The summed E-state index contributed by atoms with van der Waals surface area (Å²) in [6.07, 6.45) is -4.43. The molecule has 2 aromatic heterocycles. The van der Waals surface area contributed by atoms with Crippen molar-refractivity contribution in [2.75, 3.05) is 0 Å². The van der Waals surface area contributed by atoms with Crippen molar-refractivity contribution in [2.24, 2.45) is 0 Å². The van der Waals surface area contributed by atoms with E-state index in [0.717, 1.165) is 28.8 Å². The van der Waals surface area contributed by atoms with E-state index in [2.05, 4.69) is 15.2 Å². The van der Waals surface area contributed by atoms with Gasteiger partial charge in [0.15, 0.2) is 5.60 Å². The first-order chi connectivity index (χ1) is 19.1. The molecule has 41 heavy (non-hydrogen) atoms. The number of ether oxygens (including phenoxy) is 1. The number of hydrogen-bond acceptors (Lipinski definition) is 8. The van der Waals surface area contributed by atoms with E-state index in [1.165, 1.54) is 26.0 Å². The molecule has 2 aromatic carbocycles. The molecule has 0 aliphatic heterocycles. The van der Waals surface area contributed by atoms with Crippen molar-refractivity contribution < 1.29 is 36.6 Å². The van der Waals surface area contributed by atoms with Crippen molar-refractivity contribution in [3.8, 4) is 17.2 Å². The van der Waals surface area contributed by atoms with E-state index in [0.29, 0.717) is 54.2 Å². The first-order valence-electron chi connectivity index (χ1n) is 12.8. The second-order valence-electron chi connectivity index (χ2n) is 10.4. The summed E-state index contributed by atoms with van der Waals surface area (Å²) >= 11 is 0. The second-order valence-corrected chi connectivity index (χ2v) is 10.4. The lowest BCUT2D eigenvalue weighted by atomic mass is 10.0. The Labute approximate surface area is 235 Å². The fraction of sp³-hybridized carbons (Fsp3) is 0.379. The third kappa shape index (κ3) is 7.12. The minimum absolute atomic E-state index is 0.217. The van der Waals surface area contributed by atoms with Gasteiger partial charge in [-0.25, -0.2) is 9.78 Å². The van der Waals surface area contributed by atoms with E-state index >= 15 is 0 Å². The molecule has 0 amide bonds. The fourth-order valence-electron chi connectivity index (χ4n) is 4.32. The summed E-state index contributed by atoms with van der Waals surface area (Å²) in [5.74, 6) is 1.01. The van der Waals surface area contributed by atoms with E-state index in [-0.39, 0.29) is 5.89 Å². The lowest BCUT2D eigenvalue weighted by Gasteiger charge is -2.25. The molecule has 0 aliphatic rings. The highest BCUT2D eigenvalue weighted by Gasteiger charge is 2.31. The van der Waals surface area contributed by atoms with Gasteiger partial charge in [-0.05, 0) is 75.6 Å². The standard InChI is InChI=1S/C29H31F3N4O5/c1-16-11-20(12-17(2)25(16)41-28(5,6)27(37)38)13-36(15-24-35-34-19(4)40-24)14-23-18(3)39-26(33-23)21-7-9-22(10-8-21)29(30,31)32/h7-12H,13-15H2,1-6H3,(H,37,38). The van der Waals surface area contributed by atoms with Crippen LogP contribution in [-0.4, -0.2) is 36.8 Å². The van der Waals surface area contributed by atoms with Gasteiger partial charge in [0.2, 0.25) is 17.7 Å². The van der Waals surface area contributed by atoms with Crippen molar-refractivity contribution in [1.29, 1.82) is 0 Å². The summed E-state index contributed by atoms with van der Waals surface area (Å²) in [5.41, 5.74) is 1.38. The highest BCUT2D eigenvalue weighted by molar-refractivity contribution is 5.77. The summed E-state index contributed by atoms with van der Waals surface area (Å²) in [6, 6.07) is 8.50. The summed E-state index contributed by atoms with van der Waals surface area (Å²) < 4.78 is 56.2. The van der Waals surface area contributed by atoms with E-state index in [9.17, 15) is 23.1 Å². The number of carboxylic acid groups (broad SMARTS) is 1. The maximum Gasteiger partial charge on any atom is 0.416 e. The molecule has 0 fully saturated rings. The molecule has 218 valence electrons. The van der Waals surface area contributed by atoms with Gasteiger partial charge in [-0.1, -0.05) is 12.1 Å². The van der Waals surface area contributed by atoms with E-state index < -0.39 is 23.3 Å². The number of aryl methyl sites for hydroxylation is 4. The van der Waals surface area contributed by atoms with Crippen LogP contribution in [0.3, 0.4) is 0 Å². The Balaban J connectivity index is 1.60. The summed E-state index contributed by atoms with van der Waals surface area (Å²) in [7, 11) is 0. The molecular formula is C29H31F3N4O5. The number of oxazole rings is 1. The number of carboxylic acids is 1. The normalized spacial score (nSPS) is 12.2. The largest absolute Gasteiger partial charge is 0.478 e. The zero-order chi connectivity index (χ0) is 30.1. The Morgan fingerprint density at radius 1 is 0.951 bits per heavy atom. The molecule has 0 saturated heterocycles. The van der Waals surface area contributed by atoms with Gasteiger partial charge < -0.3 is 18.7 Å². The quantitative estimate of drug-likeness (QED) is 0.230. The maximum atomic E-state index is 13.0. The number of rotatable bonds is 10. The van der Waals surface area contributed by atoms with E-state index in [4.69, 9.17) is 13.6 Å². The average molecular weight is 573 g/mol. The van der Waals surface area contributed by atoms with Crippen molar-refractivity contribution in [3.63, 3.8) is 0 Å². The second kappa shape index (κ2) is 11.4. The van der Waals surface area contributed by atoms with Crippen LogP contribution in [0.4, 0.5) is 13.2 Å². The van der Waals surface area contributed by atoms with Crippen LogP contribution in [0, 0.1) is 27.7 Å². The predicted octanol–water partition coefficient (Wildman–Crippen LogP) is 6.42. The SMILES string of the molecule is Cc1nnc(CN(Cc2cc(C)c(OC(C)(C)C(=O)O)c(C)c2)Cc2nc(-c3ccc(C(F)(F)F)cc3)oc2C)o1. The minimum Gasteiger partial charge on any atom is -0.478 e. The summed E-state index contributed by atoms with van der Waals surface area (Å²) in [5, 5.41) is 17.5. The third-order valence-corrected chi connectivity index (χ3v) is 6.45. The topological polar surface area (TPSA) is 115 Å². The minimum atomic E-state index is -4.43. The number of aliphatic carboxylic acids is 1. The molecule has 2 heterocycles. The molecule has 1 N–H and O–H groups in total. The van der Waals surface area contributed by atoms with Crippen molar-refractivity contribution >= 4 is 5.97 Å². The number of carbonyl (C=O) groups is 1. The first kappa shape index (κ1) is 29.8. The van der Waals surface area contributed by atoms with E-state index in [1.54, 1.807) is 13.8 Å². The molecule has 4 aromatic rings. The van der Waals surface area contributed by atoms with Crippen molar-refractivity contribution in [2.45, 2.75) is 73.0 Å². The summed E-state index contributed by atoms with van der Waals surface area (Å²) in [4.78, 5) is 18.2. The Hall–Kier alpha value is -4.19. The van der Waals surface area contributed by atoms with Crippen LogP contribution < -0.4 is 4.74 Å². The van der Waals surface area contributed by atoms with Crippen LogP contribution in [0.1, 0.15) is 59.3 Å².